The van der Waals surface area contributed by atoms with Gasteiger partial charge in [-0.25, -0.2) is 0 Å². The summed E-state index contributed by atoms with van der Waals surface area (Å²) in [6.07, 6.45) is 6.80. The molecule has 0 radical (unpaired) electrons. The van der Waals surface area contributed by atoms with Crippen LogP contribution in [0.3, 0.4) is 0 Å². The van der Waals surface area contributed by atoms with Crippen molar-refractivity contribution in [2.75, 3.05) is 18.1 Å². The monoisotopic (exact) mass is 300 g/mol. The number of allylic oxidation sites excluding steroid dienone is 5. The van der Waals surface area contributed by atoms with E-state index < -0.39 is 0 Å². The topological polar surface area (TPSA) is 61.3 Å². The molecule has 0 amide bonds. The summed E-state index contributed by atoms with van der Waals surface area (Å²) < 4.78 is 5.97. The van der Waals surface area contributed by atoms with Crippen molar-refractivity contribution in [1.29, 1.82) is 0 Å². The van der Waals surface area contributed by atoms with Gasteiger partial charge in [-0.2, -0.15) is 0 Å². The van der Waals surface area contributed by atoms with Gasteiger partial charge in [0.25, 0.3) is 0 Å². The van der Waals surface area contributed by atoms with E-state index in [-0.39, 0.29) is 0 Å². The normalized spacial score (nSPS) is 12.6. The van der Waals surface area contributed by atoms with Crippen LogP contribution < -0.4 is 16.2 Å². The zero-order chi connectivity index (χ0) is 16.7. The molecule has 0 aromatic heterocycles. The maximum atomic E-state index is 6.16. The summed E-state index contributed by atoms with van der Waals surface area (Å²) in [7, 11) is 0. The molecular weight excluding hydrogens is 272 g/mol. The lowest BCUT2D eigenvalue weighted by atomic mass is 9.93. The van der Waals surface area contributed by atoms with Crippen LogP contribution >= 0.6 is 0 Å². The Bertz CT molecular complexity index is 583. The van der Waals surface area contributed by atoms with Crippen molar-refractivity contribution < 1.29 is 4.74 Å². The molecule has 1 aromatic carbocycles. The van der Waals surface area contributed by atoms with Gasteiger partial charge in [0.2, 0.25) is 0 Å². The molecule has 0 aliphatic heterocycles. The van der Waals surface area contributed by atoms with Gasteiger partial charge in [0.15, 0.2) is 5.75 Å². The van der Waals surface area contributed by atoms with Crippen LogP contribution in [0.5, 0.6) is 5.75 Å². The molecule has 0 aliphatic rings. The van der Waals surface area contributed by atoms with Crippen LogP contribution in [-0.4, -0.2) is 6.61 Å². The summed E-state index contributed by atoms with van der Waals surface area (Å²) in [5, 5.41) is 0. The largest absolute Gasteiger partial charge is 0.490 e. The maximum absolute atomic E-state index is 6.16. The van der Waals surface area contributed by atoms with Crippen LogP contribution in [0, 0.1) is 5.92 Å². The first-order valence-corrected chi connectivity index (χ1v) is 7.75. The first-order valence-electron chi connectivity index (χ1n) is 7.75. The molecule has 0 unspecified atom stereocenters. The predicted octanol–water partition coefficient (Wildman–Crippen LogP) is 4.81. The quantitative estimate of drug-likeness (QED) is 0.561. The fourth-order valence-corrected chi connectivity index (χ4v) is 2.27. The van der Waals surface area contributed by atoms with E-state index in [4.69, 9.17) is 16.2 Å². The summed E-state index contributed by atoms with van der Waals surface area (Å²) in [6, 6.07) is 3.79. The van der Waals surface area contributed by atoms with Gasteiger partial charge in [0.1, 0.15) is 0 Å². The predicted molar refractivity (Wildman–Crippen MR) is 97.8 cm³/mol. The third-order valence-corrected chi connectivity index (χ3v) is 3.44. The van der Waals surface area contributed by atoms with Crippen LogP contribution in [0.1, 0.15) is 39.7 Å². The molecule has 22 heavy (non-hydrogen) atoms. The van der Waals surface area contributed by atoms with Crippen molar-refractivity contribution in [3.63, 3.8) is 0 Å². The Kier molecular flexibility index (Phi) is 6.77. The van der Waals surface area contributed by atoms with Gasteiger partial charge < -0.3 is 16.2 Å². The molecule has 1 aromatic rings. The highest BCUT2D eigenvalue weighted by Crippen LogP contribution is 2.39. The van der Waals surface area contributed by atoms with Crippen molar-refractivity contribution in [3.05, 3.63) is 48.1 Å². The summed E-state index contributed by atoms with van der Waals surface area (Å²) in [5.41, 5.74) is 16.4. The van der Waals surface area contributed by atoms with E-state index in [1.165, 1.54) is 5.57 Å². The van der Waals surface area contributed by atoms with Crippen molar-refractivity contribution in [1.82, 2.24) is 0 Å². The Labute approximate surface area is 134 Å². The van der Waals surface area contributed by atoms with Gasteiger partial charge in [0.05, 0.1) is 18.0 Å². The molecule has 3 heteroatoms. The highest BCUT2D eigenvalue weighted by molar-refractivity contribution is 5.88. The number of hydrogen-bond donors (Lipinski definition) is 2. The third-order valence-electron chi connectivity index (χ3n) is 3.44. The molecule has 4 N–H and O–H groups in total. The molecule has 0 bridgehead atoms. The second kappa shape index (κ2) is 8.32. The fraction of sp³-hybridized carbons (Fsp3) is 0.368. The van der Waals surface area contributed by atoms with Gasteiger partial charge in [-0.3, -0.25) is 0 Å². The maximum Gasteiger partial charge on any atom is 0.152 e. The van der Waals surface area contributed by atoms with Crippen molar-refractivity contribution in [2.24, 2.45) is 5.92 Å². The Morgan fingerprint density at radius 3 is 2.50 bits per heavy atom. The Balaban J connectivity index is 3.46. The van der Waals surface area contributed by atoms with Crippen LogP contribution in [-0.2, 0) is 0 Å². The van der Waals surface area contributed by atoms with Crippen LogP contribution in [0.15, 0.2) is 42.5 Å². The van der Waals surface area contributed by atoms with Gasteiger partial charge in [0, 0.05) is 5.56 Å². The molecule has 0 aliphatic carbocycles. The minimum Gasteiger partial charge on any atom is -0.490 e. The molecule has 0 fully saturated rings. The first-order chi connectivity index (χ1) is 10.5. The zero-order valence-corrected chi connectivity index (χ0v) is 14.1. The minimum atomic E-state index is 0.410. The Morgan fingerprint density at radius 1 is 1.32 bits per heavy atom. The van der Waals surface area contributed by atoms with E-state index >= 15 is 0 Å². The van der Waals surface area contributed by atoms with E-state index in [2.05, 4.69) is 33.4 Å². The fourth-order valence-electron chi connectivity index (χ4n) is 2.27. The Morgan fingerprint density at radius 2 is 2.00 bits per heavy atom. The van der Waals surface area contributed by atoms with Crippen LogP contribution in [0.2, 0.25) is 0 Å². The lowest BCUT2D eigenvalue weighted by Crippen LogP contribution is -2.09. The molecule has 0 atom stereocenters. The number of rotatable bonds is 7. The van der Waals surface area contributed by atoms with E-state index in [9.17, 15) is 0 Å². The van der Waals surface area contributed by atoms with Gasteiger partial charge in [-0.1, -0.05) is 45.6 Å². The summed E-state index contributed by atoms with van der Waals surface area (Å²) in [4.78, 5) is 0. The number of nitrogens with two attached hydrogens (primary N) is 2. The molecule has 0 heterocycles. The highest BCUT2D eigenvalue weighted by atomic mass is 16.5. The first kappa shape index (κ1) is 17.9. The molecular formula is C19H28N2O. The van der Waals surface area contributed by atoms with Gasteiger partial charge in [-0.15, -0.1) is 0 Å². The van der Waals surface area contributed by atoms with E-state index in [0.29, 0.717) is 29.6 Å². The number of nitrogen functional groups attached to an aromatic ring is 2. The number of hydrogen-bond acceptors (Lipinski definition) is 3. The third kappa shape index (κ3) is 4.17. The van der Waals surface area contributed by atoms with Crippen molar-refractivity contribution >= 4 is 16.9 Å². The second-order valence-electron chi connectivity index (χ2n) is 5.63. The van der Waals surface area contributed by atoms with Gasteiger partial charge >= 0.3 is 0 Å². The van der Waals surface area contributed by atoms with E-state index in [1.54, 1.807) is 6.08 Å². The molecule has 0 spiro atoms. The molecule has 0 saturated heterocycles. The molecule has 3 nitrogen and oxygen atoms in total. The summed E-state index contributed by atoms with van der Waals surface area (Å²) >= 11 is 0. The molecule has 0 saturated carbocycles. The molecule has 1 rings (SSSR count). The van der Waals surface area contributed by atoms with Gasteiger partial charge in [-0.05, 0) is 42.5 Å². The van der Waals surface area contributed by atoms with Crippen LogP contribution in [0.4, 0.5) is 11.4 Å². The average molecular weight is 300 g/mol. The zero-order valence-electron chi connectivity index (χ0n) is 14.1. The Hall–Kier alpha value is -2.16. The number of anilines is 2. The highest BCUT2D eigenvalue weighted by Gasteiger charge is 2.16. The SMILES string of the molecule is C=C/C=C(\C(=C/C)CC)c1ccc(N)c(N)c1OCC(C)C. The van der Waals surface area contributed by atoms with Crippen molar-refractivity contribution in [2.45, 2.75) is 34.1 Å². The van der Waals surface area contributed by atoms with E-state index in [1.807, 2.05) is 25.1 Å². The van der Waals surface area contributed by atoms with E-state index in [0.717, 1.165) is 17.6 Å². The summed E-state index contributed by atoms with van der Waals surface area (Å²) in [5.74, 6) is 1.07. The smallest absolute Gasteiger partial charge is 0.152 e. The molecule has 120 valence electrons. The lowest BCUT2D eigenvalue weighted by molar-refractivity contribution is 0.272. The second-order valence-corrected chi connectivity index (χ2v) is 5.63. The number of ether oxygens (including phenoxy) is 1. The van der Waals surface area contributed by atoms with Crippen molar-refractivity contribution in [3.8, 4) is 5.75 Å². The average Bonchev–Trinajstić information content (AvgIpc) is 2.49. The van der Waals surface area contributed by atoms with Crippen LogP contribution in [0.25, 0.3) is 5.57 Å². The lowest BCUT2D eigenvalue weighted by Gasteiger charge is -2.19. The minimum absolute atomic E-state index is 0.410. The standard InChI is InChI=1S/C19H28N2O/c1-6-9-15(14(7-2)8-3)16-10-11-17(20)18(21)19(16)22-12-13(4)5/h6-7,9-11,13H,1,8,12,20-21H2,2-5H3/b14-7-,15-9+. The number of benzene rings is 1. The summed E-state index contributed by atoms with van der Waals surface area (Å²) in [6.45, 7) is 12.8.